The Labute approximate surface area is 113 Å². The van der Waals surface area contributed by atoms with Gasteiger partial charge in [0.1, 0.15) is 0 Å². The Bertz CT molecular complexity index is 409. The number of aliphatic hydroxyl groups is 1. The van der Waals surface area contributed by atoms with Gasteiger partial charge in [0.15, 0.2) is 11.5 Å². The lowest BCUT2D eigenvalue weighted by molar-refractivity contribution is 0.0937. The molecule has 0 bridgehead atoms. The molecule has 0 aliphatic rings. The maximum absolute atomic E-state index is 11.9. The molecule has 1 unspecified atom stereocenters. The SMILES string of the molecule is CC(C)CC(CCO)CNC(=O)c1nccnc1N. The van der Waals surface area contributed by atoms with Gasteiger partial charge in [0.05, 0.1) is 0 Å². The van der Waals surface area contributed by atoms with Crippen LogP contribution in [0.4, 0.5) is 5.82 Å². The van der Waals surface area contributed by atoms with Crippen LogP contribution in [0.5, 0.6) is 0 Å². The lowest BCUT2D eigenvalue weighted by atomic mass is 9.94. The first kappa shape index (κ1) is 15.4. The fourth-order valence-corrected chi connectivity index (χ4v) is 2.00. The molecule has 0 aromatic carbocycles. The van der Waals surface area contributed by atoms with E-state index in [0.29, 0.717) is 18.9 Å². The van der Waals surface area contributed by atoms with Gasteiger partial charge in [-0.05, 0) is 24.7 Å². The van der Waals surface area contributed by atoms with Crippen LogP contribution < -0.4 is 11.1 Å². The molecule has 106 valence electrons. The number of nitrogen functional groups attached to an aromatic ring is 1. The first-order valence-electron chi connectivity index (χ1n) is 6.50. The van der Waals surface area contributed by atoms with Gasteiger partial charge in [-0.1, -0.05) is 13.8 Å². The van der Waals surface area contributed by atoms with Crippen molar-refractivity contribution in [1.82, 2.24) is 15.3 Å². The first-order valence-corrected chi connectivity index (χ1v) is 6.50. The summed E-state index contributed by atoms with van der Waals surface area (Å²) in [5.74, 6) is 0.585. The zero-order chi connectivity index (χ0) is 14.3. The molecule has 19 heavy (non-hydrogen) atoms. The van der Waals surface area contributed by atoms with Crippen molar-refractivity contribution in [1.29, 1.82) is 0 Å². The largest absolute Gasteiger partial charge is 0.396 e. The van der Waals surface area contributed by atoms with Crippen LogP contribution in [0.25, 0.3) is 0 Å². The van der Waals surface area contributed by atoms with Crippen molar-refractivity contribution in [2.24, 2.45) is 11.8 Å². The van der Waals surface area contributed by atoms with Gasteiger partial charge >= 0.3 is 0 Å². The van der Waals surface area contributed by atoms with Crippen LogP contribution in [-0.2, 0) is 0 Å². The minimum Gasteiger partial charge on any atom is -0.396 e. The van der Waals surface area contributed by atoms with Crippen LogP contribution >= 0.6 is 0 Å². The number of hydrogen-bond donors (Lipinski definition) is 3. The number of aromatic nitrogens is 2. The number of nitrogens with zero attached hydrogens (tertiary/aromatic N) is 2. The van der Waals surface area contributed by atoms with Gasteiger partial charge in [0, 0.05) is 25.5 Å². The van der Waals surface area contributed by atoms with Crippen molar-refractivity contribution in [3.63, 3.8) is 0 Å². The molecule has 1 amide bonds. The maximum atomic E-state index is 11.9. The van der Waals surface area contributed by atoms with E-state index in [1.54, 1.807) is 0 Å². The third kappa shape index (κ3) is 5.21. The van der Waals surface area contributed by atoms with Crippen molar-refractivity contribution in [3.8, 4) is 0 Å². The summed E-state index contributed by atoms with van der Waals surface area (Å²) in [5.41, 5.74) is 5.74. The second kappa shape index (κ2) is 7.68. The van der Waals surface area contributed by atoms with E-state index >= 15 is 0 Å². The summed E-state index contributed by atoms with van der Waals surface area (Å²) in [6, 6.07) is 0. The molecule has 1 atom stereocenters. The Kier molecular flexibility index (Phi) is 6.21. The average molecular weight is 266 g/mol. The summed E-state index contributed by atoms with van der Waals surface area (Å²) in [5, 5.41) is 11.8. The summed E-state index contributed by atoms with van der Waals surface area (Å²) in [4.78, 5) is 19.6. The zero-order valence-electron chi connectivity index (χ0n) is 11.5. The number of carbonyl (C=O) groups is 1. The van der Waals surface area contributed by atoms with Crippen LogP contribution in [0.1, 0.15) is 37.2 Å². The predicted octanol–water partition coefficient (Wildman–Crippen LogP) is 0.833. The smallest absolute Gasteiger partial charge is 0.273 e. The summed E-state index contributed by atoms with van der Waals surface area (Å²) in [6.45, 7) is 4.87. The predicted molar refractivity (Wildman–Crippen MR) is 73.4 cm³/mol. The number of nitrogens with two attached hydrogens (primary N) is 1. The van der Waals surface area contributed by atoms with Crippen LogP contribution in [0.15, 0.2) is 12.4 Å². The van der Waals surface area contributed by atoms with E-state index in [-0.39, 0.29) is 29.9 Å². The molecular formula is C13H22N4O2. The fourth-order valence-electron chi connectivity index (χ4n) is 2.00. The summed E-state index contributed by atoms with van der Waals surface area (Å²) >= 11 is 0. The van der Waals surface area contributed by atoms with Gasteiger partial charge in [0.25, 0.3) is 5.91 Å². The molecule has 0 saturated heterocycles. The third-order valence-corrected chi connectivity index (χ3v) is 2.83. The van der Waals surface area contributed by atoms with E-state index in [1.165, 1.54) is 12.4 Å². The fraction of sp³-hybridized carbons (Fsp3) is 0.615. The van der Waals surface area contributed by atoms with Gasteiger partial charge in [-0.15, -0.1) is 0 Å². The molecule has 6 heteroatoms. The highest BCUT2D eigenvalue weighted by molar-refractivity contribution is 5.96. The number of amides is 1. The minimum absolute atomic E-state index is 0.126. The van der Waals surface area contributed by atoms with Gasteiger partial charge in [-0.2, -0.15) is 0 Å². The van der Waals surface area contributed by atoms with Gasteiger partial charge in [-0.3, -0.25) is 4.79 Å². The van der Waals surface area contributed by atoms with Crippen LogP contribution in [-0.4, -0.2) is 34.1 Å². The molecule has 1 aromatic heterocycles. The Hall–Kier alpha value is -1.69. The second-order valence-electron chi connectivity index (χ2n) is 5.01. The molecule has 1 aromatic rings. The molecule has 0 aliphatic heterocycles. The number of nitrogens with one attached hydrogen (secondary N) is 1. The lowest BCUT2D eigenvalue weighted by Gasteiger charge is -2.18. The molecular weight excluding hydrogens is 244 g/mol. The molecule has 0 saturated carbocycles. The van der Waals surface area contributed by atoms with Crippen molar-refractivity contribution >= 4 is 11.7 Å². The molecule has 6 nitrogen and oxygen atoms in total. The van der Waals surface area contributed by atoms with E-state index in [4.69, 9.17) is 10.8 Å². The minimum atomic E-state index is -0.322. The summed E-state index contributed by atoms with van der Waals surface area (Å²) in [6.07, 6.45) is 4.51. The molecule has 0 fully saturated rings. The van der Waals surface area contributed by atoms with Crippen molar-refractivity contribution < 1.29 is 9.90 Å². The topological polar surface area (TPSA) is 101 Å². The van der Waals surface area contributed by atoms with E-state index in [0.717, 1.165) is 6.42 Å². The third-order valence-electron chi connectivity index (χ3n) is 2.83. The monoisotopic (exact) mass is 266 g/mol. The van der Waals surface area contributed by atoms with Crippen molar-refractivity contribution in [2.45, 2.75) is 26.7 Å². The van der Waals surface area contributed by atoms with Crippen LogP contribution in [0.2, 0.25) is 0 Å². The highest BCUT2D eigenvalue weighted by Gasteiger charge is 2.15. The molecule has 0 radical (unpaired) electrons. The Balaban J connectivity index is 2.54. The zero-order valence-corrected chi connectivity index (χ0v) is 11.5. The average Bonchev–Trinajstić information content (AvgIpc) is 2.36. The van der Waals surface area contributed by atoms with Crippen LogP contribution in [0, 0.1) is 11.8 Å². The standard InChI is InChI=1S/C13H22N4O2/c1-9(2)7-10(3-6-18)8-17-13(19)11-12(14)16-5-4-15-11/h4-5,9-10,18H,3,6-8H2,1-2H3,(H2,14,16)(H,17,19). The lowest BCUT2D eigenvalue weighted by Crippen LogP contribution is -2.31. The number of rotatable bonds is 7. The van der Waals surface area contributed by atoms with Crippen molar-refractivity contribution in [3.05, 3.63) is 18.1 Å². The first-order chi connectivity index (χ1) is 9.04. The Morgan fingerprint density at radius 1 is 1.42 bits per heavy atom. The van der Waals surface area contributed by atoms with E-state index in [2.05, 4.69) is 29.1 Å². The molecule has 1 heterocycles. The number of anilines is 1. The van der Waals surface area contributed by atoms with Crippen molar-refractivity contribution in [2.75, 3.05) is 18.9 Å². The molecule has 4 N–H and O–H groups in total. The summed E-state index contributed by atoms with van der Waals surface area (Å²) in [7, 11) is 0. The Morgan fingerprint density at radius 2 is 2.11 bits per heavy atom. The highest BCUT2D eigenvalue weighted by Crippen LogP contribution is 2.14. The van der Waals surface area contributed by atoms with E-state index in [1.807, 2.05) is 0 Å². The second-order valence-corrected chi connectivity index (χ2v) is 5.01. The van der Waals surface area contributed by atoms with E-state index in [9.17, 15) is 4.79 Å². The maximum Gasteiger partial charge on any atom is 0.273 e. The van der Waals surface area contributed by atoms with Gasteiger partial charge in [0.2, 0.25) is 0 Å². The number of aliphatic hydroxyl groups excluding tert-OH is 1. The number of hydrogen-bond acceptors (Lipinski definition) is 5. The van der Waals surface area contributed by atoms with E-state index < -0.39 is 0 Å². The van der Waals surface area contributed by atoms with Gasteiger partial charge in [-0.25, -0.2) is 9.97 Å². The quantitative estimate of drug-likeness (QED) is 0.678. The normalized spacial score (nSPS) is 12.4. The van der Waals surface area contributed by atoms with Gasteiger partial charge < -0.3 is 16.2 Å². The molecule has 1 rings (SSSR count). The number of carbonyl (C=O) groups excluding carboxylic acids is 1. The molecule has 0 aliphatic carbocycles. The molecule has 0 spiro atoms. The van der Waals surface area contributed by atoms with Crippen LogP contribution in [0.3, 0.4) is 0 Å². The Morgan fingerprint density at radius 3 is 2.68 bits per heavy atom. The summed E-state index contributed by atoms with van der Waals surface area (Å²) < 4.78 is 0. The highest BCUT2D eigenvalue weighted by atomic mass is 16.3.